The van der Waals surface area contributed by atoms with E-state index in [9.17, 15) is 9.18 Å². The second-order valence-corrected chi connectivity index (χ2v) is 6.70. The molecule has 1 N–H and O–H groups in total. The van der Waals surface area contributed by atoms with Crippen molar-refractivity contribution in [2.75, 3.05) is 5.32 Å². The van der Waals surface area contributed by atoms with Crippen LogP contribution in [0.5, 0.6) is 0 Å². The van der Waals surface area contributed by atoms with E-state index in [0.29, 0.717) is 5.69 Å². The van der Waals surface area contributed by atoms with Crippen LogP contribution < -0.4 is 5.32 Å². The highest BCUT2D eigenvalue weighted by atomic mass is 32.1. The summed E-state index contributed by atoms with van der Waals surface area (Å²) in [6, 6.07) is 7.24. The summed E-state index contributed by atoms with van der Waals surface area (Å²) >= 11 is 1.45. The molecule has 1 amide bonds. The van der Waals surface area contributed by atoms with E-state index in [1.54, 1.807) is 11.7 Å². The first-order valence-corrected chi connectivity index (χ1v) is 9.10. The van der Waals surface area contributed by atoms with Gasteiger partial charge in [0.05, 0.1) is 29.8 Å². The largest absolute Gasteiger partial charge is 0.305 e. The van der Waals surface area contributed by atoms with Crippen LogP contribution in [0.4, 0.5) is 10.2 Å². The van der Waals surface area contributed by atoms with Gasteiger partial charge in [-0.1, -0.05) is 23.5 Å². The van der Waals surface area contributed by atoms with Crippen molar-refractivity contribution >= 4 is 23.1 Å². The summed E-state index contributed by atoms with van der Waals surface area (Å²) in [5.74, 6) is -1.09. The third-order valence-electron chi connectivity index (χ3n) is 4.03. The molecule has 0 saturated heterocycles. The van der Waals surface area contributed by atoms with Crippen molar-refractivity contribution in [2.45, 2.75) is 6.92 Å². The number of carbonyl (C=O) groups excluding carboxylic acids is 1. The number of amides is 1. The summed E-state index contributed by atoms with van der Waals surface area (Å²) in [5.41, 5.74) is 5.09. The van der Waals surface area contributed by atoms with Gasteiger partial charge in [0, 0.05) is 17.3 Å². The number of hydrogen-bond donors (Lipinski definition) is 1. The third kappa shape index (κ3) is 3.60. The highest BCUT2D eigenvalue weighted by molar-refractivity contribution is 7.12. The summed E-state index contributed by atoms with van der Waals surface area (Å²) in [6.07, 6.45) is 5.33. The lowest BCUT2D eigenvalue weighted by Crippen LogP contribution is -2.15. The van der Waals surface area contributed by atoms with Crippen LogP contribution in [0.15, 0.2) is 54.6 Å². The van der Waals surface area contributed by atoms with E-state index >= 15 is 0 Å². The minimum absolute atomic E-state index is 0.110. The lowest BCUT2D eigenvalue weighted by Gasteiger charge is -2.08. The molecule has 4 aromatic rings. The number of pyridine rings is 1. The predicted molar refractivity (Wildman–Crippen MR) is 103 cm³/mol. The van der Waals surface area contributed by atoms with Crippen molar-refractivity contribution in [1.29, 1.82) is 0 Å². The summed E-state index contributed by atoms with van der Waals surface area (Å²) < 4.78 is 13.7. The number of carbonyl (C=O) groups is 1. The first kappa shape index (κ1) is 17.8. The van der Waals surface area contributed by atoms with Gasteiger partial charge in [0.15, 0.2) is 11.6 Å². The van der Waals surface area contributed by atoms with Gasteiger partial charge in [0.25, 0.3) is 5.91 Å². The van der Waals surface area contributed by atoms with Crippen LogP contribution in [0.3, 0.4) is 0 Å². The molecular weight excluding hydrogens is 379 g/mol. The molecule has 9 heteroatoms. The number of aromatic nitrogens is 5. The molecule has 3 aromatic heterocycles. The Kier molecular flexibility index (Phi) is 4.81. The molecule has 138 valence electrons. The average Bonchev–Trinajstić information content (AvgIpc) is 3.24. The van der Waals surface area contributed by atoms with E-state index < -0.39 is 11.7 Å². The first-order chi connectivity index (χ1) is 13.6. The molecular formula is C19H13FN6OS. The molecule has 7 nitrogen and oxygen atoms in total. The van der Waals surface area contributed by atoms with Gasteiger partial charge in [-0.3, -0.25) is 14.8 Å². The zero-order valence-electron chi connectivity index (χ0n) is 14.6. The van der Waals surface area contributed by atoms with Crippen LogP contribution in [0.1, 0.15) is 15.9 Å². The number of nitrogens with one attached hydrogen (secondary N) is 1. The standard InChI is InChI=1S/C19H13FN6OS/c1-11-2-3-12(19-26-24-10-28-19)6-14(11)16-8-23-17(9-22-16)25-18(27)13-4-5-21-7-15(13)20/h2-10H,1H3,(H,23,25,27). The average molecular weight is 392 g/mol. The Labute approximate surface area is 163 Å². The fraction of sp³-hybridized carbons (Fsp3) is 0.0526. The second kappa shape index (κ2) is 7.57. The molecule has 0 bridgehead atoms. The number of rotatable bonds is 4. The van der Waals surface area contributed by atoms with Gasteiger partial charge in [-0.2, -0.15) is 0 Å². The normalized spacial score (nSPS) is 10.6. The lowest BCUT2D eigenvalue weighted by molar-refractivity contribution is 0.102. The minimum atomic E-state index is -0.700. The van der Waals surface area contributed by atoms with Gasteiger partial charge in [0.2, 0.25) is 0 Å². The van der Waals surface area contributed by atoms with Crippen molar-refractivity contribution < 1.29 is 9.18 Å². The Hall–Kier alpha value is -3.59. The molecule has 0 spiro atoms. The quantitative estimate of drug-likeness (QED) is 0.568. The van der Waals surface area contributed by atoms with E-state index in [4.69, 9.17) is 0 Å². The van der Waals surface area contributed by atoms with Crippen molar-refractivity contribution in [3.63, 3.8) is 0 Å². The molecule has 28 heavy (non-hydrogen) atoms. The molecule has 1 aromatic carbocycles. The van der Waals surface area contributed by atoms with E-state index in [1.165, 1.54) is 29.8 Å². The molecule has 0 aliphatic heterocycles. The number of nitrogens with zero attached hydrogens (tertiary/aromatic N) is 5. The van der Waals surface area contributed by atoms with Gasteiger partial charge in [-0.25, -0.2) is 9.37 Å². The molecule has 0 aliphatic carbocycles. The summed E-state index contributed by atoms with van der Waals surface area (Å²) in [6.45, 7) is 1.97. The molecule has 3 heterocycles. The predicted octanol–water partition coefficient (Wildman–Crippen LogP) is 3.76. The Morgan fingerprint density at radius 1 is 1.14 bits per heavy atom. The van der Waals surface area contributed by atoms with Gasteiger partial charge in [-0.15, -0.1) is 10.2 Å². The molecule has 0 saturated carbocycles. The van der Waals surface area contributed by atoms with E-state index in [0.717, 1.165) is 27.9 Å². The van der Waals surface area contributed by atoms with Crippen LogP contribution in [0, 0.1) is 12.7 Å². The van der Waals surface area contributed by atoms with Gasteiger partial charge >= 0.3 is 0 Å². The molecule has 4 rings (SSSR count). The van der Waals surface area contributed by atoms with Crippen molar-refractivity contribution in [3.05, 3.63) is 71.5 Å². The fourth-order valence-corrected chi connectivity index (χ4v) is 3.16. The van der Waals surface area contributed by atoms with Crippen LogP contribution in [0.2, 0.25) is 0 Å². The maximum absolute atomic E-state index is 13.7. The third-order valence-corrected chi connectivity index (χ3v) is 4.77. The number of hydrogen-bond acceptors (Lipinski definition) is 7. The van der Waals surface area contributed by atoms with Crippen LogP contribution in [0.25, 0.3) is 21.8 Å². The number of anilines is 1. The Bertz CT molecular complexity index is 1130. The SMILES string of the molecule is Cc1ccc(-c2nncs2)cc1-c1cnc(NC(=O)c2ccncc2F)cn1. The highest BCUT2D eigenvalue weighted by Crippen LogP contribution is 2.28. The fourth-order valence-electron chi connectivity index (χ4n) is 2.60. The zero-order chi connectivity index (χ0) is 19.5. The van der Waals surface area contributed by atoms with Gasteiger partial charge < -0.3 is 5.32 Å². The van der Waals surface area contributed by atoms with Gasteiger partial charge in [-0.05, 0) is 24.6 Å². The van der Waals surface area contributed by atoms with Crippen LogP contribution >= 0.6 is 11.3 Å². The smallest absolute Gasteiger partial charge is 0.259 e. The molecule has 0 radical (unpaired) electrons. The number of benzene rings is 1. The summed E-state index contributed by atoms with van der Waals surface area (Å²) in [4.78, 5) is 24.4. The molecule has 0 fully saturated rings. The Morgan fingerprint density at radius 2 is 2.04 bits per heavy atom. The van der Waals surface area contributed by atoms with Crippen molar-refractivity contribution in [2.24, 2.45) is 0 Å². The van der Waals surface area contributed by atoms with E-state index in [1.807, 2.05) is 25.1 Å². The Morgan fingerprint density at radius 3 is 2.75 bits per heavy atom. The van der Waals surface area contributed by atoms with Crippen LogP contribution in [-0.2, 0) is 0 Å². The van der Waals surface area contributed by atoms with Crippen LogP contribution in [-0.4, -0.2) is 31.1 Å². The summed E-state index contributed by atoms with van der Waals surface area (Å²) in [5, 5.41) is 11.3. The zero-order valence-corrected chi connectivity index (χ0v) is 15.4. The topological polar surface area (TPSA) is 93.6 Å². The van der Waals surface area contributed by atoms with Crippen molar-refractivity contribution in [1.82, 2.24) is 25.1 Å². The van der Waals surface area contributed by atoms with E-state index in [-0.39, 0.29) is 11.4 Å². The number of halogens is 1. The second-order valence-electron chi connectivity index (χ2n) is 5.87. The molecule has 0 unspecified atom stereocenters. The lowest BCUT2D eigenvalue weighted by atomic mass is 10.0. The van der Waals surface area contributed by atoms with E-state index in [2.05, 4.69) is 30.5 Å². The monoisotopic (exact) mass is 392 g/mol. The maximum Gasteiger partial charge on any atom is 0.259 e. The number of aryl methyl sites for hydroxylation is 1. The summed E-state index contributed by atoms with van der Waals surface area (Å²) in [7, 11) is 0. The maximum atomic E-state index is 13.7. The minimum Gasteiger partial charge on any atom is -0.305 e. The molecule has 0 atom stereocenters. The first-order valence-electron chi connectivity index (χ1n) is 8.22. The van der Waals surface area contributed by atoms with Gasteiger partial charge in [0.1, 0.15) is 10.5 Å². The Balaban J connectivity index is 1.58. The van der Waals surface area contributed by atoms with Crippen molar-refractivity contribution in [3.8, 4) is 21.8 Å². The highest BCUT2D eigenvalue weighted by Gasteiger charge is 2.13. The molecule has 0 aliphatic rings.